The number of aryl methyl sites for hydroxylation is 1. The molecule has 0 bridgehead atoms. The van der Waals surface area contributed by atoms with Gasteiger partial charge >= 0.3 is 0 Å². The third kappa shape index (κ3) is 1.54. The molecular weight excluding hydrogens is 188 g/mol. The maximum atomic E-state index is 12.0. The number of Topliss-reactive ketones (excluding diaryl/α,β-unsaturated/α-hetero) is 1. The van der Waals surface area contributed by atoms with Crippen molar-refractivity contribution < 1.29 is 4.79 Å². The lowest BCUT2D eigenvalue weighted by Gasteiger charge is -2.06. The predicted molar refractivity (Wildman–Crippen MR) is 59.1 cm³/mol. The molecular formula is C12H14N2O. The van der Waals surface area contributed by atoms with Crippen LogP contribution in [0.4, 0.5) is 0 Å². The third-order valence-electron chi connectivity index (χ3n) is 2.53. The number of carbonyl (C=O) groups is 1. The summed E-state index contributed by atoms with van der Waals surface area (Å²) in [6.07, 6.45) is 3.65. The Kier molecular flexibility index (Phi) is 2.31. The number of ketones is 1. The lowest BCUT2D eigenvalue weighted by molar-refractivity contribution is 0.0940. The second-order valence-electron chi connectivity index (χ2n) is 4.03. The molecule has 2 aromatic heterocycles. The number of rotatable bonds is 2. The fourth-order valence-corrected chi connectivity index (χ4v) is 1.72. The van der Waals surface area contributed by atoms with Crippen molar-refractivity contribution >= 4 is 11.3 Å². The molecule has 0 aromatic carbocycles. The van der Waals surface area contributed by atoms with Crippen LogP contribution in [0.25, 0.3) is 5.52 Å². The molecule has 0 saturated heterocycles. The zero-order valence-corrected chi connectivity index (χ0v) is 9.19. The fourth-order valence-electron chi connectivity index (χ4n) is 1.72. The highest BCUT2D eigenvalue weighted by molar-refractivity contribution is 6.03. The highest BCUT2D eigenvalue weighted by Gasteiger charge is 2.15. The van der Waals surface area contributed by atoms with E-state index in [1.807, 2.05) is 43.5 Å². The summed E-state index contributed by atoms with van der Waals surface area (Å²) in [7, 11) is 0. The third-order valence-corrected chi connectivity index (χ3v) is 2.53. The lowest BCUT2D eigenvalue weighted by atomic mass is 10.0. The lowest BCUT2D eigenvalue weighted by Crippen LogP contribution is -2.09. The van der Waals surface area contributed by atoms with Crippen molar-refractivity contribution in [2.24, 2.45) is 5.92 Å². The molecule has 0 radical (unpaired) electrons. The second kappa shape index (κ2) is 3.50. The molecule has 2 aromatic rings. The Morgan fingerprint density at radius 1 is 1.47 bits per heavy atom. The highest BCUT2D eigenvalue weighted by atomic mass is 16.1. The van der Waals surface area contributed by atoms with E-state index < -0.39 is 0 Å². The number of hydrogen-bond donors (Lipinski definition) is 0. The van der Waals surface area contributed by atoms with Crippen LogP contribution in [-0.2, 0) is 0 Å². The standard InChI is InChI=1S/C12H14N2O/c1-8(2)12(15)10-5-4-6-14-7-13-9(3)11(10)14/h4-8H,1-3H3. The molecule has 78 valence electrons. The highest BCUT2D eigenvalue weighted by Crippen LogP contribution is 2.17. The molecule has 0 aliphatic heterocycles. The van der Waals surface area contributed by atoms with Gasteiger partial charge in [0, 0.05) is 17.7 Å². The summed E-state index contributed by atoms with van der Waals surface area (Å²) < 4.78 is 1.89. The van der Waals surface area contributed by atoms with Crippen molar-refractivity contribution in [3.8, 4) is 0 Å². The molecule has 0 unspecified atom stereocenters. The van der Waals surface area contributed by atoms with E-state index in [1.165, 1.54) is 0 Å². The quantitative estimate of drug-likeness (QED) is 0.701. The van der Waals surface area contributed by atoms with Gasteiger partial charge in [0.15, 0.2) is 5.78 Å². The molecule has 0 atom stereocenters. The first-order valence-corrected chi connectivity index (χ1v) is 5.07. The number of nitrogens with zero attached hydrogens (tertiary/aromatic N) is 2. The molecule has 3 heteroatoms. The minimum Gasteiger partial charge on any atom is -0.305 e. The maximum absolute atomic E-state index is 12.0. The summed E-state index contributed by atoms with van der Waals surface area (Å²) >= 11 is 0. The van der Waals surface area contributed by atoms with Crippen molar-refractivity contribution in [2.45, 2.75) is 20.8 Å². The van der Waals surface area contributed by atoms with Gasteiger partial charge in [0.2, 0.25) is 0 Å². The van der Waals surface area contributed by atoms with Crippen LogP contribution in [0.15, 0.2) is 24.7 Å². The van der Waals surface area contributed by atoms with Crippen LogP contribution < -0.4 is 0 Å². The molecule has 0 N–H and O–H groups in total. The Labute approximate surface area is 88.8 Å². The number of aromatic nitrogens is 2. The van der Waals surface area contributed by atoms with E-state index in [9.17, 15) is 4.79 Å². The molecule has 0 aliphatic rings. The minimum atomic E-state index is 0.0190. The number of imidazole rings is 1. The van der Waals surface area contributed by atoms with Crippen LogP contribution in [-0.4, -0.2) is 15.2 Å². The Morgan fingerprint density at radius 3 is 2.87 bits per heavy atom. The summed E-state index contributed by atoms with van der Waals surface area (Å²) in [4.78, 5) is 16.2. The topological polar surface area (TPSA) is 34.4 Å². The molecule has 0 amide bonds. The van der Waals surface area contributed by atoms with Gasteiger partial charge < -0.3 is 4.40 Å². The van der Waals surface area contributed by atoms with Gasteiger partial charge in [0.1, 0.15) is 0 Å². The van der Waals surface area contributed by atoms with Gasteiger partial charge in [-0.25, -0.2) is 4.98 Å². The Morgan fingerprint density at radius 2 is 2.20 bits per heavy atom. The van der Waals surface area contributed by atoms with E-state index in [-0.39, 0.29) is 11.7 Å². The van der Waals surface area contributed by atoms with Crippen LogP contribution in [0.1, 0.15) is 29.9 Å². The largest absolute Gasteiger partial charge is 0.305 e. The van der Waals surface area contributed by atoms with Gasteiger partial charge in [0.05, 0.1) is 17.5 Å². The average Bonchev–Trinajstić information content (AvgIpc) is 2.59. The summed E-state index contributed by atoms with van der Waals surface area (Å²) in [6, 6.07) is 3.75. The predicted octanol–water partition coefficient (Wildman–Crippen LogP) is 2.48. The van der Waals surface area contributed by atoms with Gasteiger partial charge in [-0.3, -0.25) is 4.79 Å². The number of fused-ring (bicyclic) bond motifs is 1. The molecule has 15 heavy (non-hydrogen) atoms. The van der Waals surface area contributed by atoms with Crippen LogP contribution in [0.5, 0.6) is 0 Å². The van der Waals surface area contributed by atoms with Gasteiger partial charge in [-0.1, -0.05) is 13.8 Å². The summed E-state index contributed by atoms with van der Waals surface area (Å²) in [5.74, 6) is 0.190. The van der Waals surface area contributed by atoms with E-state index in [4.69, 9.17) is 0 Å². The summed E-state index contributed by atoms with van der Waals surface area (Å²) in [6.45, 7) is 5.75. The SMILES string of the molecule is Cc1ncn2cccc(C(=O)C(C)C)c12. The van der Waals surface area contributed by atoms with Crippen LogP contribution in [0.3, 0.4) is 0 Å². The van der Waals surface area contributed by atoms with E-state index in [2.05, 4.69) is 4.98 Å². The average molecular weight is 202 g/mol. The first-order chi connectivity index (χ1) is 7.11. The van der Waals surface area contributed by atoms with Crippen molar-refractivity contribution in [1.82, 2.24) is 9.38 Å². The zero-order valence-electron chi connectivity index (χ0n) is 9.19. The first kappa shape index (κ1) is 9.90. The van der Waals surface area contributed by atoms with Gasteiger partial charge in [-0.15, -0.1) is 0 Å². The summed E-state index contributed by atoms with van der Waals surface area (Å²) in [5, 5.41) is 0. The van der Waals surface area contributed by atoms with E-state index >= 15 is 0 Å². The molecule has 2 heterocycles. The maximum Gasteiger partial charge on any atom is 0.167 e. The zero-order chi connectivity index (χ0) is 11.0. The molecule has 0 fully saturated rings. The Hall–Kier alpha value is -1.64. The van der Waals surface area contributed by atoms with Crippen LogP contribution >= 0.6 is 0 Å². The van der Waals surface area contributed by atoms with Crippen molar-refractivity contribution in [1.29, 1.82) is 0 Å². The van der Waals surface area contributed by atoms with E-state index in [1.54, 1.807) is 6.33 Å². The van der Waals surface area contributed by atoms with Crippen molar-refractivity contribution in [3.05, 3.63) is 35.9 Å². The van der Waals surface area contributed by atoms with Crippen LogP contribution in [0, 0.1) is 12.8 Å². The second-order valence-corrected chi connectivity index (χ2v) is 4.03. The van der Waals surface area contributed by atoms with Crippen molar-refractivity contribution in [2.75, 3.05) is 0 Å². The Balaban J connectivity index is 2.70. The smallest absolute Gasteiger partial charge is 0.167 e. The first-order valence-electron chi connectivity index (χ1n) is 5.07. The minimum absolute atomic E-state index is 0.0190. The normalized spacial score (nSPS) is 11.2. The number of pyridine rings is 1. The molecule has 3 nitrogen and oxygen atoms in total. The van der Waals surface area contributed by atoms with Crippen molar-refractivity contribution in [3.63, 3.8) is 0 Å². The number of hydrogen-bond acceptors (Lipinski definition) is 2. The fraction of sp³-hybridized carbons (Fsp3) is 0.333. The van der Waals surface area contributed by atoms with E-state index in [0.29, 0.717) is 0 Å². The monoisotopic (exact) mass is 202 g/mol. The molecule has 0 spiro atoms. The van der Waals surface area contributed by atoms with Gasteiger partial charge in [-0.05, 0) is 19.1 Å². The molecule has 0 aliphatic carbocycles. The summed E-state index contributed by atoms with van der Waals surface area (Å²) in [5.41, 5.74) is 2.60. The van der Waals surface area contributed by atoms with Gasteiger partial charge in [-0.2, -0.15) is 0 Å². The molecule has 0 saturated carbocycles. The van der Waals surface area contributed by atoms with Crippen LogP contribution in [0.2, 0.25) is 0 Å². The molecule has 2 rings (SSSR count). The number of carbonyl (C=O) groups excluding carboxylic acids is 1. The van der Waals surface area contributed by atoms with Gasteiger partial charge in [0.25, 0.3) is 0 Å². The Bertz CT molecular complexity index is 511. The van der Waals surface area contributed by atoms with E-state index in [0.717, 1.165) is 16.8 Å².